The molecule has 21 heavy (non-hydrogen) atoms. The molecule has 0 atom stereocenters. The zero-order chi connectivity index (χ0) is 15.0. The van der Waals surface area contributed by atoms with Gasteiger partial charge in [0.05, 0.1) is 5.03 Å². The summed E-state index contributed by atoms with van der Waals surface area (Å²) in [5.74, 6) is -0.969. The summed E-state index contributed by atoms with van der Waals surface area (Å²) < 4.78 is 12.9. The molecule has 0 bridgehead atoms. The van der Waals surface area contributed by atoms with E-state index < -0.39 is 0 Å². The standard InChI is InChI=1S/C16H8ClFO2S/c17-12-8-13(19)15-11(16(12)20)2-1-3-14(15)21-10-6-4-9(18)5-7-10/h1-8H. The second kappa shape index (κ2) is 5.47. The third kappa shape index (κ3) is 2.64. The van der Waals surface area contributed by atoms with Crippen molar-refractivity contribution in [2.45, 2.75) is 9.79 Å². The second-order valence-corrected chi connectivity index (χ2v) is 5.94. The van der Waals surface area contributed by atoms with Gasteiger partial charge < -0.3 is 0 Å². The molecular weight excluding hydrogens is 311 g/mol. The fourth-order valence-electron chi connectivity index (χ4n) is 2.07. The van der Waals surface area contributed by atoms with Gasteiger partial charge in [-0.2, -0.15) is 0 Å². The van der Waals surface area contributed by atoms with Crippen molar-refractivity contribution in [1.82, 2.24) is 0 Å². The fourth-order valence-corrected chi connectivity index (χ4v) is 3.26. The topological polar surface area (TPSA) is 34.1 Å². The maximum absolute atomic E-state index is 12.9. The molecule has 1 aliphatic rings. The second-order valence-electron chi connectivity index (χ2n) is 4.42. The molecule has 0 aromatic heterocycles. The summed E-state index contributed by atoms with van der Waals surface area (Å²) in [5.41, 5.74) is 0.654. The van der Waals surface area contributed by atoms with Crippen molar-refractivity contribution in [3.8, 4) is 0 Å². The zero-order valence-corrected chi connectivity index (χ0v) is 12.2. The monoisotopic (exact) mass is 318 g/mol. The molecule has 0 fully saturated rings. The largest absolute Gasteiger partial charge is 0.289 e. The van der Waals surface area contributed by atoms with E-state index in [1.807, 2.05) is 0 Å². The highest BCUT2D eigenvalue weighted by molar-refractivity contribution is 7.99. The van der Waals surface area contributed by atoms with Crippen LogP contribution in [-0.2, 0) is 0 Å². The van der Waals surface area contributed by atoms with Crippen LogP contribution in [0, 0.1) is 5.82 Å². The molecule has 104 valence electrons. The summed E-state index contributed by atoms with van der Waals surface area (Å²) in [4.78, 5) is 25.6. The first-order valence-corrected chi connectivity index (χ1v) is 7.28. The Bertz CT molecular complexity index is 781. The van der Waals surface area contributed by atoms with Crippen LogP contribution in [0.25, 0.3) is 0 Å². The van der Waals surface area contributed by atoms with Gasteiger partial charge in [0.15, 0.2) is 5.78 Å². The lowest BCUT2D eigenvalue weighted by molar-refractivity contribution is 0.0988. The molecule has 2 aromatic rings. The van der Waals surface area contributed by atoms with Gasteiger partial charge in [-0.15, -0.1) is 0 Å². The molecule has 0 saturated heterocycles. The highest BCUT2D eigenvalue weighted by atomic mass is 35.5. The number of hydrogen-bond acceptors (Lipinski definition) is 3. The molecule has 0 spiro atoms. The average Bonchev–Trinajstić information content (AvgIpc) is 2.47. The molecule has 2 aromatic carbocycles. The first-order valence-electron chi connectivity index (χ1n) is 6.09. The minimum absolute atomic E-state index is 0.0727. The van der Waals surface area contributed by atoms with Crippen molar-refractivity contribution >= 4 is 34.9 Å². The summed E-state index contributed by atoms with van der Waals surface area (Å²) in [5, 5.41) is -0.0727. The van der Waals surface area contributed by atoms with Crippen molar-refractivity contribution in [3.63, 3.8) is 0 Å². The number of fused-ring (bicyclic) bond motifs is 1. The lowest BCUT2D eigenvalue weighted by atomic mass is 9.95. The number of ketones is 2. The predicted molar refractivity (Wildman–Crippen MR) is 79.6 cm³/mol. The Morgan fingerprint density at radius 1 is 1.00 bits per heavy atom. The van der Waals surface area contributed by atoms with Crippen LogP contribution < -0.4 is 0 Å². The number of allylic oxidation sites excluding steroid dienone is 2. The highest BCUT2D eigenvalue weighted by Crippen LogP contribution is 2.35. The van der Waals surface area contributed by atoms with E-state index >= 15 is 0 Å². The quantitative estimate of drug-likeness (QED) is 0.818. The Balaban J connectivity index is 2.05. The number of benzene rings is 2. The summed E-state index contributed by atoms with van der Waals surface area (Å²) in [6, 6.07) is 11.0. The average molecular weight is 319 g/mol. The third-order valence-corrected chi connectivity index (χ3v) is 4.38. The molecule has 0 amide bonds. The van der Waals surface area contributed by atoms with E-state index in [2.05, 4.69) is 0 Å². The van der Waals surface area contributed by atoms with E-state index in [1.54, 1.807) is 30.3 Å². The van der Waals surface area contributed by atoms with Crippen molar-refractivity contribution in [3.05, 3.63) is 70.5 Å². The Kier molecular flexibility index (Phi) is 3.66. The molecule has 0 N–H and O–H groups in total. The van der Waals surface area contributed by atoms with Crippen LogP contribution in [0.2, 0.25) is 0 Å². The van der Waals surface area contributed by atoms with E-state index in [0.29, 0.717) is 16.0 Å². The number of carbonyl (C=O) groups excluding carboxylic acids is 2. The lowest BCUT2D eigenvalue weighted by Crippen LogP contribution is -2.15. The van der Waals surface area contributed by atoms with Crippen LogP contribution >= 0.6 is 23.4 Å². The Morgan fingerprint density at radius 2 is 1.71 bits per heavy atom. The van der Waals surface area contributed by atoms with Gasteiger partial charge in [-0.05, 0) is 30.3 Å². The van der Waals surface area contributed by atoms with Gasteiger partial charge in [0.1, 0.15) is 5.82 Å². The van der Waals surface area contributed by atoms with Crippen LogP contribution in [-0.4, -0.2) is 11.6 Å². The molecule has 0 unspecified atom stereocenters. The first-order chi connectivity index (χ1) is 10.1. The Morgan fingerprint density at radius 3 is 2.43 bits per heavy atom. The van der Waals surface area contributed by atoms with Crippen LogP contribution in [0.3, 0.4) is 0 Å². The van der Waals surface area contributed by atoms with Crippen LogP contribution in [0.1, 0.15) is 20.7 Å². The fraction of sp³-hybridized carbons (Fsp3) is 0. The van der Waals surface area contributed by atoms with Crippen molar-refractivity contribution < 1.29 is 14.0 Å². The van der Waals surface area contributed by atoms with Gasteiger partial charge in [0.2, 0.25) is 5.78 Å². The Labute approximate surface area is 129 Å². The number of Topliss-reactive ketones (excluding diaryl/α,β-unsaturated/α-hetero) is 1. The number of carbonyl (C=O) groups is 2. The molecule has 1 aliphatic carbocycles. The maximum atomic E-state index is 12.9. The SMILES string of the molecule is O=C1C(Cl)=CC(=O)c2c(Sc3ccc(F)cc3)cccc21. The minimum atomic E-state index is -0.354. The van der Waals surface area contributed by atoms with Gasteiger partial charge in [-0.1, -0.05) is 35.5 Å². The minimum Gasteiger partial charge on any atom is -0.289 e. The molecule has 0 saturated carbocycles. The number of hydrogen-bond donors (Lipinski definition) is 0. The number of rotatable bonds is 2. The molecule has 2 nitrogen and oxygen atoms in total. The van der Waals surface area contributed by atoms with Gasteiger partial charge in [-0.3, -0.25) is 9.59 Å². The van der Waals surface area contributed by atoms with Crippen molar-refractivity contribution in [2.75, 3.05) is 0 Å². The summed E-state index contributed by atoms with van der Waals surface area (Å²) in [7, 11) is 0. The van der Waals surface area contributed by atoms with Gasteiger partial charge in [-0.25, -0.2) is 4.39 Å². The van der Waals surface area contributed by atoms with Crippen LogP contribution in [0.5, 0.6) is 0 Å². The highest BCUT2D eigenvalue weighted by Gasteiger charge is 2.27. The summed E-state index contributed by atoms with van der Waals surface area (Å²) in [6.07, 6.45) is 1.14. The predicted octanol–water partition coefficient (Wildman–Crippen LogP) is 4.48. The van der Waals surface area contributed by atoms with E-state index in [9.17, 15) is 14.0 Å². The third-order valence-electron chi connectivity index (χ3n) is 3.03. The molecule has 0 aliphatic heterocycles. The normalized spacial score (nSPS) is 13.9. The van der Waals surface area contributed by atoms with E-state index in [-0.39, 0.29) is 22.4 Å². The summed E-state index contributed by atoms with van der Waals surface area (Å²) >= 11 is 7.07. The van der Waals surface area contributed by atoms with Crippen molar-refractivity contribution in [2.24, 2.45) is 0 Å². The molecule has 3 rings (SSSR count). The summed E-state index contributed by atoms with van der Waals surface area (Å²) in [6.45, 7) is 0. The smallest absolute Gasteiger partial charge is 0.205 e. The zero-order valence-electron chi connectivity index (χ0n) is 10.6. The maximum Gasteiger partial charge on any atom is 0.205 e. The van der Waals surface area contributed by atoms with E-state index in [4.69, 9.17) is 11.6 Å². The van der Waals surface area contributed by atoms with E-state index in [1.165, 1.54) is 23.9 Å². The Hall–Kier alpha value is -1.91. The van der Waals surface area contributed by atoms with Crippen LogP contribution in [0.4, 0.5) is 4.39 Å². The van der Waals surface area contributed by atoms with Crippen molar-refractivity contribution in [1.29, 1.82) is 0 Å². The molecule has 0 heterocycles. The van der Waals surface area contributed by atoms with E-state index in [0.717, 1.165) is 11.0 Å². The first kappa shape index (κ1) is 14.0. The molecular formula is C16H8ClFO2S. The number of halogens is 2. The van der Waals surface area contributed by atoms with Gasteiger partial charge >= 0.3 is 0 Å². The van der Waals surface area contributed by atoms with Gasteiger partial charge in [0.25, 0.3) is 0 Å². The molecule has 0 radical (unpaired) electrons. The van der Waals surface area contributed by atoms with Gasteiger partial charge in [0, 0.05) is 27.0 Å². The lowest BCUT2D eigenvalue weighted by Gasteiger charge is -2.15. The van der Waals surface area contributed by atoms with Crippen LogP contribution in [0.15, 0.2) is 63.4 Å². The molecule has 5 heteroatoms.